The Hall–Kier alpha value is -0.280. The molecule has 0 saturated carbocycles. The van der Waals surface area contributed by atoms with Crippen LogP contribution >= 0.6 is 46.4 Å². The Morgan fingerprint density at radius 1 is 0.538 bits per heavy atom. The summed E-state index contributed by atoms with van der Waals surface area (Å²) in [4.78, 5) is 48.2. The average molecular weight is 453 g/mol. The fraction of sp³-hybridized carbons (Fsp3) is 0.733. The van der Waals surface area contributed by atoms with Gasteiger partial charge < -0.3 is 4.90 Å². The minimum atomic E-state index is -0.715. The number of carbonyl (C=O) groups is 4. The second kappa shape index (κ2) is 16.9. The van der Waals surface area contributed by atoms with Gasteiger partial charge in [-0.2, -0.15) is 0 Å². The van der Waals surface area contributed by atoms with Gasteiger partial charge in [-0.3, -0.25) is 29.0 Å². The van der Waals surface area contributed by atoms with Crippen LogP contribution in [0.15, 0.2) is 0 Å². The van der Waals surface area contributed by atoms with E-state index in [4.69, 9.17) is 46.4 Å². The summed E-state index contributed by atoms with van der Waals surface area (Å²) in [6.45, 7) is 8.94. The minimum Gasteiger partial charge on any atom is -0.304 e. The highest BCUT2D eigenvalue weighted by Crippen LogP contribution is 2.01. The Kier molecular flexibility index (Phi) is 18.1. The van der Waals surface area contributed by atoms with E-state index in [9.17, 15) is 19.2 Å². The molecule has 0 aliphatic heterocycles. The van der Waals surface area contributed by atoms with E-state index in [1.807, 2.05) is 0 Å². The fourth-order valence-electron chi connectivity index (χ4n) is 1.97. The van der Waals surface area contributed by atoms with Crippen LogP contribution in [0.5, 0.6) is 0 Å². The first-order valence-corrected chi connectivity index (χ1v) is 9.47. The number of hydrogen-bond donors (Lipinski definition) is 0. The highest BCUT2D eigenvalue weighted by molar-refractivity contribution is 6.65. The number of rotatable bonds is 13. The molecule has 26 heavy (non-hydrogen) atoms. The Balaban J connectivity index is 0. The molecule has 0 aromatic heterocycles. The quantitative estimate of drug-likeness (QED) is 0.312. The Morgan fingerprint density at radius 3 is 0.885 bits per heavy atom. The van der Waals surface area contributed by atoms with Crippen LogP contribution in [0.2, 0.25) is 0 Å². The molecule has 152 valence electrons. The maximum absolute atomic E-state index is 10.8. The van der Waals surface area contributed by atoms with Gasteiger partial charge in [0.1, 0.15) is 0 Å². The van der Waals surface area contributed by atoms with Gasteiger partial charge in [-0.25, -0.2) is 0 Å². The molecule has 0 atom stereocenters. The maximum atomic E-state index is 10.8. The Labute approximate surface area is 174 Å². The first-order chi connectivity index (χ1) is 12.0. The number of hydrogen-bond acceptors (Lipinski definition) is 7. The van der Waals surface area contributed by atoms with E-state index < -0.39 is 21.0 Å². The minimum absolute atomic E-state index is 0.0894. The van der Waals surface area contributed by atoms with Gasteiger partial charge in [0.25, 0.3) is 0 Å². The van der Waals surface area contributed by atoms with Gasteiger partial charge in [0.2, 0.25) is 21.0 Å². The van der Waals surface area contributed by atoms with Crippen molar-refractivity contribution in [3.63, 3.8) is 0 Å². The van der Waals surface area contributed by atoms with E-state index in [1.165, 1.54) is 29.4 Å². The van der Waals surface area contributed by atoms with Gasteiger partial charge >= 0.3 is 0 Å². The smallest absolute Gasteiger partial charge is 0.235 e. The van der Waals surface area contributed by atoms with Crippen molar-refractivity contribution in [3.8, 4) is 0 Å². The zero-order valence-corrected chi connectivity index (χ0v) is 18.2. The molecule has 11 heteroatoms. The molecule has 0 fully saturated rings. The highest BCUT2D eigenvalue weighted by Gasteiger charge is 2.19. The zero-order chi connectivity index (χ0) is 20.7. The second-order valence-corrected chi connectivity index (χ2v) is 6.84. The van der Waals surface area contributed by atoms with Crippen LogP contribution in [0.1, 0.15) is 20.8 Å². The van der Waals surface area contributed by atoms with E-state index >= 15 is 0 Å². The summed E-state index contributed by atoms with van der Waals surface area (Å²) in [7, 11) is 0. The summed E-state index contributed by atoms with van der Waals surface area (Å²) in [5.41, 5.74) is 0. The van der Waals surface area contributed by atoms with Gasteiger partial charge in [-0.05, 0) is 66.0 Å². The normalized spacial score (nSPS) is 10.7. The Morgan fingerprint density at radius 2 is 0.769 bits per heavy atom. The van der Waals surface area contributed by atoms with E-state index in [0.717, 1.165) is 0 Å². The lowest BCUT2D eigenvalue weighted by atomic mass is 10.4. The number of nitrogens with zero attached hydrogens (tertiary/aromatic N) is 3. The predicted molar refractivity (Wildman–Crippen MR) is 105 cm³/mol. The monoisotopic (exact) mass is 451 g/mol. The summed E-state index contributed by atoms with van der Waals surface area (Å²) in [6, 6.07) is 0. The largest absolute Gasteiger partial charge is 0.304 e. The molecule has 0 spiro atoms. The molecule has 0 saturated heterocycles. The summed E-state index contributed by atoms with van der Waals surface area (Å²) in [5.74, 6) is 0. The molecule has 0 aromatic rings. The van der Waals surface area contributed by atoms with Crippen LogP contribution in [-0.4, -0.2) is 88.2 Å². The standard InChI is InChI=1S/C9H10Cl4N2O4.C6H15N/c10-6(16)1-14(2-7(11)17)5-15(3-8(12)18)4-9(13)19;1-4-7(5-2)6-3/h1-5H2;4-6H2,1-3H3. The van der Waals surface area contributed by atoms with E-state index in [2.05, 4.69) is 25.7 Å². The van der Waals surface area contributed by atoms with Crippen LogP contribution in [0.3, 0.4) is 0 Å². The molecule has 0 N–H and O–H groups in total. The Bertz CT molecular complexity index is 391. The van der Waals surface area contributed by atoms with Crippen molar-refractivity contribution in [1.29, 1.82) is 0 Å². The van der Waals surface area contributed by atoms with Crippen LogP contribution < -0.4 is 0 Å². The van der Waals surface area contributed by atoms with Crippen molar-refractivity contribution < 1.29 is 19.2 Å². The third-order valence-electron chi connectivity index (χ3n) is 3.13. The topological polar surface area (TPSA) is 78.0 Å². The van der Waals surface area contributed by atoms with Crippen LogP contribution in [0, 0.1) is 0 Å². The van der Waals surface area contributed by atoms with Gasteiger partial charge in [-0.15, -0.1) is 0 Å². The van der Waals surface area contributed by atoms with Gasteiger partial charge in [0, 0.05) is 0 Å². The molecule has 0 heterocycles. The molecule has 0 aromatic carbocycles. The van der Waals surface area contributed by atoms with Crippen molar-refractivity contribution in [1.82, 2.24) is 14.7 Å². The summed E-state index contributed by atoms with van der Waals surface area (Å²) < 4.78 is 0. The maximum Gasteiger partial charge on any atom is 0.235 e. The van der Waals surface area contributed by atoms with Crippen LogP contribution in [-0.2, 0) is 19.2 Å². The molecule has 0 amide bonds. The summed E-state index contributed by atoms with van der Waals surface area (Å²) >= 11 is 20.8. The van der Waals surface area contributed by atoms with Crippen molar-refractivity contribution in [2.45, 2.75) is 20.8 Å². The molecule has 7 nitrogen and oxygen atoms in total. The lowest BCUT2D eigenvalue weighted by molar-refractivity contribution is -0.117. The van der Waals surface area contributed by atoms with E-state index in [1.54, 1.807) is 0 Å². The van der Waals surface area contributed by atoms with Crippen LogP contribution in [0.25, 0.3) is 0 Å². The lowest BCUT2D eigenvalue weighted by Crippen LogP contribution is -2.44. The third kappa shape index (κ3) is 18.5. The highest BCUT2D eigenvalue weighted by atomic mass is 35.5. The summed E-state index contributed by atoms with van der Waals surface area (Å²) in [5, 5.41) is -2.86. The molecule has 0 unspecified atom stereocenters. The average Bonchev–Trinajstić information content (AvgIpc) is 2.46. The molecular weight excluding hydrogens is 428 g/mol. The molecule has 0 aliphatic rings. The summed E-state index contributed by atoms with van der Waals surface area (Å²) in [6.07, 6.45) is 0. The van der Waals surface area contributed by atoms with Crippen molar-refractivity contribution in [3.05, 3.63) is 0 Å². The van der Waals surface area contributed by atoms with Crippen LogP contribution in [0.4, 0.5) is 0 Å². The first-order valence-electron chi connectivity index (χ1n) is 7.95. The van der Waals surface area contributed by atoms with E-state index in [-0.39, 0.29) is 32.8 Å². The fourth-order valence-corrected chi connectivity index (χ4v) is 2.64. The number of halogens is 4. The molecule has 0 aliphatic carbocycles. The number of carbonyl (C=O) groups excluding carboxylic acids is 4. The van der Waals surface area contributed by atoms with Gasteiger partial charge in [0.15, 0.2) is 0 Å². The molecular formula is C15H25Cl4N3O4. The first kappa shape index (κ1) is 27.9. The van der Waals surface area contributed by atoms with Crippen molar-refractivity contribution in [2.24, 2.45) is 0 Å². The molecule has 0 radical (unpaired) electrons. The van der Waals surface area contributed by atoms with Crippen molar-refractivity contribution in [2.75, 3.05) is 52.5 Å². The lowest BCUT2D eigenvalue weighted by Gasteiger charge is -2.26. The van der Waals surface area contributed by atoms with Crippen molar-refractivity contribution >= 4 is 67.4 Å². The molecule has 0 rings (SSSR count). The second-order valence-electron chi connectivity index (χ2n) is 5.16. The van der Waals surface area contributed by atoms with Gasteiger partial charge in [0.05, 0.1) is 32.8 Å². The SMILES string of the molecule is CCN(CC)CC.O=C(Cl)CN(CC(=O)Cl)CN(CC(=O)Cl)CC(=O)Cl. The van der Waals surface area contributed by atoms with Gasteiger partial charge in [-0.1, -0.05) is 20.8 Å². The predicted octanol–water partition coefficient (Wildman–Crippen LogP) is 1.96. The molecule has 0 bridgehead atoms. The zero-order valence-electron chi connectivity index (χ0n) is 15.1. The third-order valence-corrected chi connectivity index (χ3v) is 3.61. The van der Waals surface area contributed by atoms with E-state index in [0.29, 0.717) is 0 Å².